The van der Waals surface area contributed by atoms with Crippen LogP contribution in [-0.2, 0) is 9.53 Å². The van der Waals surface area contributed by atoms with Crippen LogP contribution in [0.3, 0.4) is 0 Å². The maximum Gasteiger partial charge on any atom is 0.323 e. The number of carbonyl (C=O) groups excluding carboxylic acids is 1. The molecule has 6 nitrogen and oxygen atoms in total. The monoisotopic (exact) mass is 258 g/mol. The van der Waals surface area contributed by atoms with E-state index in [-0.39, 0.29) is 30.8 Å². The molecule has 0 radical (unpaired) electrons. The highest BCUT2D eigenvalue weighted by atomic mass is 16.5. The number of urea groups is 1. The number of ether oxygens (including phenoxy) is 1. The highest BCUT2D eigenvalue weighted by Gasteiger charge is 2.28. The SMILES string of the molecule is COC1CCC(NC(=O)N(CC(=O)O)C(C)C)C1. The summed E-state index contributed by atoms with van der Waals surface area (Å²) in [4.78, 5) is 24.0. The van der Waals surface area contributed by atoms with Crippen LogP contribution in [0.4, 0.5) is 4.79 Å². The van der Waals surface area contributed by atoms with E-state index in [1.165, 1.54) is 4.90 Å². The van der Waals surface area contributed by atoms with E-state index in [4.69, 9.17) is 9.84 Å². The fourth-order valence-corrected chi connectivity index (χ4v) is 2.18. The summed E-state index contributed by atoms with van der Waals surface area (Å²) in [6.45, 7) is 3.33. The van der Waals surface area contributed by atoms with Crippen LogP contribution < -0.4 is 5.32 Å². The first-order chi connectivity index (χ1) is 8.43. The minimum atomic E-state index is -1.000. The van der Waals surface area contributed by atoms with Crippen molar-refractivity contribution in [3.63, 3.8) is 0 Å². The quantitative estimate of drug-likeness (QED) is 0.772. The van der Waals surface area contributed by atoms with Gasteiger partial charge in [-0.05, 0) is 33.1 Å². The molecule has 0 saturated heterocycles. The molecule has 0 aromatic carbocycles. The van der Waals surface area contributed by atoms with Gasteiger partial charge >= 0.3 is 12.0 Å². The highest BCUT2D eigenvalue weighted by molar-refractivity contribution is 5.80. The Bertz CT molecular complexity index is 306. The van der Waals surface area contributed by atoms with Gasteiger partial charge in [0.25, 0.3) is 0 Å². The van der Waals surface area contributed by atoms with Crippen molar-refractivity contribution in [1.29, 1.82) is 0 Å². The molecule has 2 amide bonds. The fourth-order valence-electron chi connectivity index (χ4n) is 2.18. The molecule has 1 rings (SSSR count). The zero-order valence-electron chi connectivity index (χ0n) is 11.2. The van der Waals surface area contributed by atoms with Crippen molar-refractivity contribution < 1.29 is 19.4 Å². The molecule has 1 aliphatic carbocycles. The lowest BCUT2D eigenvalue weighted by Crippen LogP contribution is -2.49. The highest BCUT2D eigenvalue weighted by Crippen LogP contribution is 2.21. The number of nitrogens with one attached hydrogen (secondary N) is 1. The first-order valence-electron chi connectivity index (χ1n) is 6.25. The average molecular weight is 258 g/mol. The van der Waals surface area contributed by atoms with E-state index in [2.05, 4.69) is 5.32 Å². The first-order valence-corrected chi connectivity index (χ1v) is 6.25. The van der Waals surface area contributed by atoms with Gasteiger partial charge in [0.05, 0.1) is 6.10 Å². The van der Waals surface area contributed by atoms with Crippen molar-refractivity contribution in [3.05, 3.63) is 0 Å². The van der Waals surface area contributed by atoms with Crippen molar-refractivity contribution in [3.8, 4) is 0 Å². The van der Waals surface area contributed by atoms with Gasteiger partial charge in [-0.25, -0.2) is 4.79 Å². The summed E-state index contributed by atoms with van der Waals surface area (Å²) in [5.74, 6) is -1.000. The second-order valence-corrected chi connectivity index (χ2v) is 4.93. The third-order valence-electron chi connectivity index (χ3n) is 3.24. The normalized spacial score (nSPS) is 23.1. The summed E-state index contributed by atoms with van der Waals surface area (Å²) in [5, 5.41) is 11.7. The number of carboxylic acids is 1. The van der Waals surface area contributed by atoms with Crippen LogP contribution in [0.15, 0.2) is 0 Å². The van der Waals surface area contributed by atoms with Crippen LogP contribution in [-0.4, -0.2) is 53.8 Å². The lowest BCUT2D eigenvalue weighted by molar-refractivity contribution is -0.138. The largest absolute Gasteiger partial charge is 0.480 e. The number of amides is 2. The molecular weight excluding hydrogens is 236 g/mol. The van der Waals surface area contributed by atoms with Crippen molar-refractivity contribution in [1.82, 2.24) is 10.2 Å². The van der Waals surface area contributed by atoms with Crippen molar-refractivity contribution in [2.24, 2.45) is 0 Å². The summed E-state index contributed by atoms with van der Waals surface area (Å²) in [6.07, 6.45) is 2.80. The number of hydrogen-bond acceptors (Lipinski definition) is 3. The Labute approximate surface area is 107 Å². The molecule has 0 aliphatic heterocycles. The number of rotatable bonds is 5. The molecule has 6 heteroatoms. The van der Waals surface area contributed by atoms with Crippen LogP contribution in [0.25, 0.3) is 0 Å². The van der Waals surface area contributed by atoms with Gasteiger partial charge in [-0.1, -0.05) is 0 Å². The van der Waals surface area contributed by atoms with Gasteiger partial charge in [-0.15, -0.1) is 0 Å². The molecule has 1 aliphatic rings. The minimum absolute atomic E-state index is 0.0810. The number of carbonyl (C=O) groups is 2. The van der Waals surface area contributed by atoms with E-state index in [1.807, 2.05) is 0 Å². The van der Waals surface area contributed by atoms with E-state index in [0.717, 1.165) is 19.3 Å². The van der Waals surface area contributed by atoms with Crippen LogP contribution in [0, 0.1) is 0 Å². The van der Waals surface area contributed by atoms with E-state index in [1.54, 1.807) is 21.0 Å². The minimum Gasteiger partial charge on any atom is -0.480 e. The van der Waals surface area contributed by atoms with E-state index in [9.17, 15) is 9.59 Å². The van der Waals surface area contributed by atoms with E-state index < -0.39 is 5.97 Å². The maximum absolute atomic E-state index is 12.0. The van der Waals surface area contributed by atoms with Crippen LogP contribution >= 0.6 is 0 Å². The van der Waals surface area contributed by atoms with Gasteiger partial charge in [-0.2, -0.15) is 0 Å². The Hall–Kier alpha value is -1.30. The number of methoxy groups -OCH3 is 1. The molecule has 0 bridgehead atoms. The van der Waals surface area contributed by atoms with Gasteiger partial charge in [0, 0.05) is 19.2 Å². The van der Waals surface area contributed by atoms with Crippen LogP contribution in [0.1, 0.15) is 33.1 Å². The average Bonchev–Trinajstić information content (AvgIpc) is 2.72. The lowest BCUT2D eigenvalue weighted by Gasteiger charge is -2.27. The third-order valence-corrected chi connectivity index (χ3v) is 3.24. The predicted molar refractivity (Wildman–Crippen MR) is 66.4 cm³/mol. The molecule has 1 fully saturated rings. The summed E-state index contributed by atoms with van der Waals surface area (Å²) in [6, 6.07) is -0.368. The summed E-state index contributed by atoms with van der Waals surface area (Å²) < 4.78 is 5.24. The zero-order chi connectivity index (χ0) is 13.7. The molecule has 104 valence electrons. The van der Waals surface area contributed by atoms with Gasteiger partial charge in [0.2, 0.25) is 0 Å². The molecule has 2 atom stereocenters. The van der Waals surface area contributed by atoms with Crippen LogP contribution in [0.2, 0.25) is 0 Å². The third kappa shape index (κ3) is 4.18. The van der Waals surface area contributed by atoms with E-state index in [0.29, 0.717) is 0 Å². The Morgan fingerprint density at radius 1 is 1.44 bits per heavy atom. The Balaban J connectivity index is 2.49. The van der Waals surface area contributed by atoms with Gasteiger partial charge < -0.3 is 20.1 Å². The van der Waals surface area contributed by atoms with Crippen molar-refractivity contribution in [2.75, 3.05) is 13.7 Å². The molecule has 0 aromatic rings. The molecule has 0 aromatic heterocycles. The van der Waals surface area contributed by atoms with Gasteiger partial charge in [-0.3, -0.25) is 4.79 Å². The first kappa shape index (κ1) is 14.8. The smallest absolute Gasteiger partial charge is 0.323 e. The summed E-state index contributed by atoms with van der Waals surface area (Å²) >= 11 is 0. The molecule has 2 N–H and O–H groups in total. The van der Waals surface area contributed by atoms with E-state index >= 15 is 0 Å². The zero-order valence-corrected chi connectivity index (χ0v) is 11.2. The standard InChI is InChI=1S/C12H22N2O4/c1-8(2)14(7-11(15)16)12(17)13-9-4-5-10(6-9)18-3/h8-10H,4-7H2,1-3H3,(H,13,17)(H,15,16). The van der Waals surface area contributed by atoms with Gasteiger partial charge in [0.15, 0.2) is 0 Å². The van der Waals surface area contributed by atoms with Crippen molar-refractivity contribution in [2.45, 2.75) is 51.3 Å². The molecule has 0 spiro atoms. The Kier molecular flexibility index (Phi) is 5.40. The van der Waals surface area contributed by atoms with Crippen LogP contribution in [0.5, 0.6) is 0 Å². The second kappa shape index (κ2) is 6.58. The molecule has 0 heterocycles. The summed E-state index contributed by atoms with van der Waals surface area (Å²) in [5.41, 5.74) is 0. The maximum atomic E-state index is 12.0. The number of nitrogens with zero attached hydrogens (tertiary/aromatic N) is 1. The fraction of sp³-hybridized carbons (Fsp3) is 0.833. The molecule has 2 unspecified atom stereocenters. The molecule has 18 heavy (non-hydrogen) atoms. The lowest BCUT2D eigenvalue weighted by atomic mass is 10.2. The predicted octanol–water partition coefficient (Wildman–Crippen LogP) is 1.06. The number of aliphatic carboxylic acids is 1. The Morgan fingerprint density at radius 3 is 2.56 bits per heavy atom. The topological polar surface area (TPSA) is 78.9 Å². The second-order valence-electron chi connectivity index (χ2n) is 4.93. The van der Waals surface area contributed by atoms with Crippen molar-refractivity contribution >= 4 is 12.0 Å². The van der Waals surface area contributed by atoms with Gasteiger partial charge in [0.1, 0.15) is 6.54 Å². The molecule has 1 saturated carbocycles. The summed E-state index contributed by atoms with van der Waals surface area (Å²) in [7, 11) is 1.67. The molecular formula is C12H22N2O4. The Morgan fingerprint density at radius 2 is 2.11 bits per heavy atom. The number of hydrogen-bond donors (Lipinski definition) is 2. The number of carboxylic acid groups (broad SMARTS) is 1.